The van der Waals surface area contributed by atoms with Crippen molar-refractivity contribution in [2.45, 2.75) is 19.9 Å². The first-order chi connectivity index (χ1) is 17.9. The van der Waals surface area contributed by atoms with E-state index in [9.17, 15) is 9.59 Å². The van der Waals surface area contributed by atoms with E-state index in [4.69, 9.17) is 18.9 Å². The molecule has 0 amide bonds. The van der Waals surface area contributed by atoms with Gasteiger partial charge in [0.1, 0.15) is 12.4 Å². The molecule has 37 heavy (non-hydrogen) atoms. The van der Waals surface area contributed by atoms with Gasteiger partial charge in [-0.15, -0.1) is 0 Å². The molecule has 3 aromatic rings. The predicted octanol–water partition coefficient (Wildman–Crippen LogP) is 3.38. The zero-order valence-corrected chi connectivity index (χ0v) is 22.0. The summed E-state index contributed by atoms with van der Waals surface area (Å²) in [5.74, 6) is 1.12. The summed E-state index contributed by atoms with van der Waals surface area (Å²) in [6.07, 6.45) is 3.44. The lowest BCUT2D eigenvalue weighted by Crippen LogP contribution is -2.40. The van der Waals surface area contributed by atoms with Gasteiger partial charge in [-0.1, -0.05) is 48.3 Å². The standard InChI is InChI=1S/C28H28N2O6S/c1-6-14-36-20-11-9-8-10-18(20)16-23-26(31)30-25(19-12-13-21(33-4)22(15-19)34-5)24(27(32)35-7-2)17(3)29-28(30)37-23/h6,8-13,15-16,25H,1,7,14H2,2-5H3/b23-16-/t25-/m1/s1. The van der Waals surface area contributed by atoms with E-state index in [2.05, 4.69) is 11.6 Å². The molecule has 2 heterocycles. The summed E-state index contributed by atoms with van der Waals surface area (Å²) in [4.78, 5) is 32.0. The highest BCUT2D eigenvalue weighted by Gasteiger charge is 2.34. The Hall–Kier alpha value is -4.11. The Morgan fingerprint density at radius 3 is 2.59 bits per heavy atom. The van der Waals surface area contributed by atoms with Gasteiger partial charge in [0.2, 0.25) is 0 Å². The Kier molecular flexibility index (Phi) is 7.93. The van der Waals surface area contributed by atoms with Crippen molar-refractivity contribution in [3.8, 4) is 17.2 Å². The maximum atomic E-state index is 13.8. The van der Waals surface area contributed by atoms with E-state index in [0.29, 0.717) is 50.0 Å². The van der Waals surface area contributed by atoms with Crippen molar-refractivity contribution >= 4 is 23.4 Å². The lowest BCUT2D eigenvalue weighted by molar-refractivity contribution is -0.139. The average molecular weight is 521 g/mol. The normalized spacial score (nSPS) is 15.0. The Bertz CT molecular complexity index is 1550. The molecule has 0 saturated carbocycles. The number of rotatable bonds is 9. The second-order valence-electron chi connectivity index (χ2n) is 8.05. The van der Waals surface area contributed by atoms with E-state index in [1.54, 1.807) is 51.3 Å². The number of ether oxygens (including phenoxy) is 4. The van der Waals surface area contributed by atoms with Crippen LogP contribution in [0.5, 0.6) is 17.2 Å². The van der Waals surface area contributed by atoms with E-state index in [-0.39, 0.29) is 12.2 Å². The molecule has 1 aliphatic heterocycles. The topological polar surface area (TPSA) is 88.3 Å². The van der Waals surface area contributed by atoms with Gasteiger partial charge in [0, 0.05) is 5.56 Å². The number of hydrogen-bond donors (Lipinski definition) is 0. The van der Waals surface area contributed by atoms with Crippen LogP contribution in [0.25, 0.3) is 6.08 Å². The monoisotopic (exact) mass is 520 g/mol. The fraction of sp³-hybridized carbons (Fsp3) is 0.250. The Morgan fingerprint density at radius 2 is 1.89 bits per heavy atom. The van der Waals surface area contributed by atoms with E-state index in [0.717, 1.165) is 5.56 Å². The summed E-state index contributed by atoms with van der Waals surface area (Å²) < 4.78 is 24.0. The highest BCUT2D eigenvalue weighted by atomic mass is 32.1. The zero-order chi connectivity index (χ0) is 26.5. The summed E-state index contributed by atoms with van der Waals surface area (Å²) in [7, 11) is 3.08. The van der Waals surface area contributed by atoms with Crippen LogP contribution >= 0.6 is 11.3 Å². The molecule has 9 heteroatoms. The van der Waals surface area contributed by atoms with Gasteiger partial charge >= 0.3 is 5.97 Å². The SMILES string of the molecule is C=CCOc1ccccc1/C=c1\sc2n(c1=O)[C@H](c1ccc(OC)c(OC)c1)C(C(=O)OCC)=C(C)N=2. The number of carbonyl (C=O) groups excluding carboxylic acids is 1. The number of allylic oxidation sites excluding steroid dienone is 1. The Labute approximate surface area is 218 Å². The number of nitrogens with zero attached hydrogens (tertiary/aromatic N) is 2. The Morgan fingerprint density at radius 1 is 1.14 bits per heavy atom. The first-order valence-electron chi connectivity index (χ1n) is 11.7. The van der Waals surface area contributed by atoms with E-state index in [1.165, 1.54) is 23.0 Å². The predicted molar refractivity (Wildman–Crippen MR) is 142 cm³/mol. The van der Waals surface area contributed by atoms with Crippen molar-refractivity contribution < 1.29 is 23.7 Å². The maximum Gasteiger partial charge on any atom is 0.338 e. The first kappa shape index (κ1) is 26.0. The molecule has 0 fully saturated rings. The van der Waals surface area contributed by atoms with Crippen molar-refractivity contribution in [1.29, 1.82) is 0 Å². The van der Waals surface area contributed by atoms with Crippen LogP contribution in [-0.4, -0.2) is 38.0 Å². The largest absolute Gasteiger partial charge is 0.493 e. The number of methoxy groups -OCH3 is 2. The lowest BCUT2D eigenvalue weighted by Gasteiger charge is -2.25. The number of esters is 1. The van der Waals surface area contributed by atoms with Crippen LogP contribution in [0.1, 0.15) is 31.0 Å². The van der Waals surface area contributed by atoms with Crippen LogP contribution in [0.2, 0.25) is 0 Å². The molecule has 8 nitrogen and oxygen atoms in total. The van der Waals surface area contributed by atoms with Gasteiger partial charge in [-0.2, -0.15) is 0 Å². The minimum atomic E-state index is -0.760. The third kappa shape index (κ3) is 5.08. The van der Waals surface area contributed by atoms with E-state index >= 15 is 0 Å². The minimum absolute atomic E-state index is 0.195. The van der Waals surface area contributed by atoms with E-state index in [1.807, 2.05) is 24.3 Å². The molecule has 0 bridgehead atoms. The number of hydrogen-bond acceptors (Lipinski definition) is 8. The highest BCUT2D eigenvalue weighted by molar-refractivity contribution is 7.07. The molecule has 0 unspecified atom stereocenters. The van der Waals surface area contributed by atoms with Crippen LogP contribution in [-0.2, 0) is 9.53 Å². The van der Waals surface area contributed by atoms with Gasteiger partial charge in [-0.25, -0.2) is 9.79 Å². The number of para-hydroxylation sites is 1. The number of benzene rings is 2. The Balaban J connectivity index is 1.95. The van der Waals surface area contributed by atoms with Crippen LogP contribution in [0.3, 0.4) is 0 Å². The molecule has 1 aromatic heterocycles. The molecule has 0 spiro atoms. The van der Waals surface area contributed by atoms with Crippen LogP contribution in [0.15, 0.2) is 76.2 Å². The van der Waals surface area contributed by atoms with Gasteiger partial charge in [0.25, 0.3) is 5.56 Å². The molecule has 1 aliphatic rings. The zero-order valence-electron chi connectivity index (χ0n) is 21.1. The first-order valence-corrected chi connectivity index (χ1v) is 12.5. The van der Waals surface area contributed by atoms with Crippen LogP contribution < -0.4 is 29.1 Å². The van der Waals surface area contributed by atoms with Gasteiger partial charge in [0.15, 0.2) is 16.3 Å². The fourth-order valence-corrected chi connectivity index (χ4v) is 5.19. The van der Waals surface area contributed by atoms with Crippen molar-refractivity contribution in [2.24, 2.45) is 4.99 Å². The molecule has 0 aliphatic carbocycles. The second-order valence-corrected chi connectivity index (χ2v) is 9.06. The number of aromatic nitrogens is 1. The highest BCUT2D eigenvalue weighted by Crippen LogP contribution is 2.36. The van der Waals surface area contributed by atoms with Crippen LogP contribution in [0, 0.1) is 0 Å². The van der Waals surface area contributed by atoms with Gasteiger partial charge in [0.05, 0.1) is 42.7 Å². The van der Waals surface area contributed by atoms with Gasteiger partial charge < -0.3 is 18.9 Å². The minimum Gasteiger partial charge on any atom is -0.493 e. The molecule has 0 radical (unpaired) electrons. The molecule has 2 aromatic carbocycles. The molecule has 1 atom stereocenters. The summed E-state index contributed by atoms with van der Waals surface area (Å²) >= 11 is 1.25. The summed E-state index contributed by atoms with van der Waals surface area (Å²) in [6.45, 7) is 7.71. The lowest BCUT2D eigenvalue weighted by atomic mass is 9.95. The number of thiazole rings is 1. The summed E-state index contributed by atoms with van der Waals surface area (Å²) in [5.41, 5.74) is 1.91. The second kappa shape index (κ2) is 11.3. The van der Waals surface area contributed by atoms with Crippen molar-refractivity contribution in [1.82, 2.24) is 4.57 Å². The summed E-state index contributed by atoms with van der Waals surface area (Å²) in [5, 5.41) is 0. The van der Waals surface area contributed by atoms with E-state index < -0.39 is 12.0 Å². The number of fused-ring (bicyclic) bond motifs is 1. The number of carbonyl (C=O) groups is 1. The van der Waals surface area contributed by atoms with Gasteiger partial charge in [-0.3, -0.25) is 9.36 Å². The van der Waals surface area contributed by atoms with Gasteiger partial charge in [-0.05, 0) is 43.7 Å². The molecular weight excluding hydrogens is 492 g/mol. The fourth-order valence-electron chi connectivity index (χ4n) is 4.15. The molecule has 0 N–H and O–H groups in total. The maximum absolute atomic E-state index is 13.8. The van der Waals surface area contributed by atoms with Crippen molar-refractivity contribution in [3.05, 3.63) is 97.2 Å². The summed E-state index contributed by atoms with van der Waals surface area (Å²) in [6, 6.07) is 12.0. The molecule has 0 saturated heterocycles. The van der Waals surface area contributed by atoms with Crippen molar-refractivity contribution in [3.63, 3.8) is 0 Å². The quantitative estimate of drug-likeness (QED) is 0.318. The smallest absolute Gasteiger partial charge is 0.338 e. The van der Waals surface area contributed by atoms with Crippen molar-refractivity contribution in [2.75, 3.05) is 27.4 Å². The van der Waals surface area contributed by atoms with Crippen LogP contribution in [0.4, 0.5) is 0 Å². The third-order valence-corrected chi connectivity index (χ3v) is 6.79. The molecule has 4 rings (SSSR count). The average Bonchev–Trinajstić information content (AvgIpc) is 3.21. The third-order valence-electron chi connectivity index (χ3n) is 5.80. The molecular formula is C28H28N2O6S. The molecule has 192 valence electrons.